The number of aromatic nitrogens is 2. The van der Waals surface area contributed by atoms with Crippen molar-refractivity contribution in [3.05, 3.63) is 18.5 Å². The van der Waals surface area contributed by atoms with E-state index in [0.29, 0.717) is 0 Å². The lowest BCUT2D eigenvalue weighted by atomic mass is 10.3. The van der Waals surface area contributed by atoms with Crippen molar-refractivity contribution >= 4 is 5.95 Å². The minimum absolute atomic E-state index is 0.280. The largest absolute Gasteiger partial charge is 0.396 e. The molecule has 0 unspecified atom stereocenters. The summed E-state index contributed by atoms with van der Waals surface area (Å²) < 4.78 is 0. The van der Waals surface area contributed by atoms with Crippen LogP contribution in [0.25, 0.3) is 0 Å². The molecule has 0 bridgehead atoms. The number of nitrogens with zero attached hydrogens (tertiary/aromatic N) is 4. The molecule has 0 amide bonds. The van der Waals surface area contributed by atoms with Gasteiger partial charge in [-0.2, -0.15) is 0 Å². The maximum absolute atomic E-state index is 8.77. The number of rotatable bonds is 4. The van der Waals surface area contributed by atoms with E-state index in [-0.39, 0.29) is 6.61 Å². The first-order valence-electron chi connectivity index (χ1n) is 5.75. The lowest BCUT2D eigenvalue weighted by molar-refractivity contribution is 0.215. The molecule has 1 aliphatic rings. The van der Waals surface area contributed by atoms with E-state index in [1.165, 1.54) is 0 Å². The smallest absolute Gasteiger partial charge is 0.225 e. The van der Waals surface area contributed by atoms with Gasteiger partial charge >= 0.3 is 0 Å². The van der Waals surface area contributed by atoms with Crippen LogP contribution in [0.3, 0.4) is 0 Å². The Morgan fingerprint density at radius 2 is 1.81 bits per heavy atom. The molecule has 2 rings (SSSR count). The normalized spacial score (nSPS) is 17.7. The van der Waals surface area contributed by atoms with Crippen LogP contribution < -0.4 is 4.90 Å². The Morgan fingerprint density at radius 1 is 1.12 bits per heavy atom. The van der Waals surface area contributed by atoms with E-state index in [1.54, 1.807) is 12.4 Å². The molecule has 2 heterocycles. The third kappa shape index (κ3) is 2.90. The van der Waals surface area contributed by atoms with Crippen LogP contribution in [-0.4, -0.2) is 59.3 Å². The highest BCUT2D eigenvalue weighted by atomic mass is 16.3. The fraction of sp³-hybridized carbons (Fsp3) is 0.636. The van der Waals surface area contributed by atoms with Gasteiger partial charge in [-0.15, -0.1) is 0 Å². The van der Waals surface area contributed by atoms with Gasteiger partial charge in [0.05, 0.1) is 0 Å². The molecule has 0 aliphatic carbocycles. The molecule has 1 aromatic rings. The number of aliphatic hydroxyl groups excluding tert-OH is 1. The van der Waals surface area contributed by atoms with Crippen molar-refractivity contribution in [2.45, 2.75) is 6.42 Å². The zero-order valence-corrected chi connectivity index (χ0v) is 9.42. The van der Waals surface area contributed by atoms with Gasteiger partial charge in [0.1, 0.15) is 0 Å². The van der Waals surface area contributed by atoms with Crippen molar-refractivity contribution in [2.75, 3.05) is 44.2 Å². The molecule has 0 atom stereocenters. The molecule has 1 N–H and O–H groups in total. The van der Waals surface area contributed by atoms with Gasteiger partial charge < -0.3 is 10.0 Å². The Bertz CT molecular complexity index is 298. The van der Waals surface area contributed by atoms with E-state index in [2.05, 4.69) is 19.8 Å². The molecule has 1 saturated heterocycles. The highest BCUT2D eigenvalue weighted by Crippen LogP contribution is 2.09. The second-order valence-electron chi connectivity index (χ2n) is 3.95. The Labute approximate surface area is 95.7 Å². The molecule has 0 radical (unpaired) electrons. The number of anilines is 1. The average molecular weight is 222 g/mol. The van der Waals surface area contributed by atoms with Gasteiger partial charge in [-0.1, -0.05) is 0 Å². The fourth-order valence-electron chi connectivity index (χ4n) is 1.92. The second kappa shape index (κ2) is 5.77. The predicted octanol–water partition coefficient (Wildman–Crippen LogP) is -0.0190. The van der Waals surface area contributed by atoms with Crippen molar-refractivity contribution in [2.24, 2.45) is 0 Å². The quantitative estimate of drug-likeness (QED) is 0.776. The standard InChI is InChI=1S/C11H18N4O/c16-10-2-5-14-6-8-15(9-7-14)11-12-3-1-4-13-11/h1,3-4,16H,2,5-10H2. The molecule has 0 aromatic carbocycles. The molecule has 0 saturated carbocycles. The molecule has 1 aliphatic heterocycles. The fourth-order valence-corrected chi connectivity index (χ4v) is 1.92. The second-order valence-corrected chi connectivity index (χ2v) is 3.95. The SMILES string of the molecule is OCCCN1CCN(c2ncccn2)CC1. The van der Waals surface area contributed by atoms with Crippen LogP contribution in [0, 0.1) is 0 Å². The summed E-state index contributed by atoms with van der Waals surface area (Å²) in [4.78, 5) is 13.1. The number of hydrogen-bond donors (Lipinski definition) is 1. The van der Waals surface area contributed by atoms with Crippen LogP contribution in [0.15, 0.2) is 18.5 Å². The van der Waals surface area contributed by atoms with Gasteiger partial charge in [0, 0.05) is 51.7 Å². The first kappa shape index (κ1) is 11.3. The van der Waals surface area contributed by atoms with Crippen LogP contribution in [0.1, 0.15) is 6.42 Å². The number of piperazine rings is 1. The Balaban J connectivity index is 1.81. The van der Waals surface area contributed by atoms with Gasteiger partial charge in [-0.25, -0.2) is 9.97 Å². The Hall–Kier alpha value is -1.20. The first-order chi connectivity index (χ1) is 7.90. The molecular weight excluding hydrogens is 204 g/mol. The molecule has 16 heavy (non-hydrogen) atoms. The van der Waals surface area contributed by atoms with Crippen LogP contribution in [0.5, 0.6) is 0 Å². The third-order valence-electron chi connectivity index (χ3n) is 2.84. The maximum atomic E-state index is 8.77. The summed E-state index contributed by atoms with van der Waals surface area (Å²) in [5, 5.41) is 8.77. The lowest BCUT2D eigenvalue weighted by Crippen LogP contribution is -2.47. The van der Waals surface area contributed by atoms with Gasteiger partial charge in [0.15, 0.2) is 0 Å². The molecule has 5 heteroatoms. The molecule has 1 aromatic heterocycles. The highest BCUT2D eigenvalue weighted by Gasteiger charge is 2.17. The average Bonchev–Trinajstić information content (AvgIpc) is 2.38. The minimum atomic E-state index is 0.280. The van der Waals surface area contributed by atoms with Crippen LogP contribution >= 0.6 is 0 Å². The summed E-state index contributed by atoms with van der Waals surface area (Å²) in [6.45, 7) is 5.25. The van der Waals surface area contributed by atoms with E-state index in [1.807, 2.05) is 6.07 Å². The predicted molar refractivity (Wildman–Crippen MR) is 62.4 cm³/mol. The van der Waals surface area contributed by atoms with Crippen molar-refractivity contribution in [3.63, 3.8) is 0 Å². The van der Waals surface area contributed by atoms with Crippen molar-refractivity contribution in [1.82, 2.24) is 14.9 Å². The van der Waals surface area contributed by atoms with Crippen LogP contribution in [-0.2, 0) is 0 Å². The molecule has 88 valence electrons. The summed E-state index contributed by atoms with van der Waals surface area (Å²) in [5.41, 5.74) is 0. The monoisotopic (exact) mass is 222 g/mol. The van der Waals surface area contributed by atoms with Gasteiger partial charge in [-0.3, -0.25) is 4.90 Å². The van der Waals surface area contributed by atoms with Gasteiger partial charge in [0.2, 0.25) is 5.95 Å². The topological polar surface area (TPSA) is 52.5 Å². The number of hydrogen-bond acceptors (Lipinski definition) is 5. The zero-order valence-electron chi connectivity index (χ0n) is 9.42. The van der Waals surface area contributed by atoms with E-state index in [9.17, 15) is 0 Å². The minimum Gasteiger partial charge on any atom is -0.396 e. The van der Waals surface area contributed by atoms with E-state index >= 15 is 0 Å². The molecule has 1 fully saturated rings. The van der Waals surface area contributed by atoms with E-state index in [0.717, 1.165) is 45.1 Å². The van der Waals surface area contributed by atoms with Crippen LogP contribution in [0.2, 0.25) is 0 Å². The summed E-state index contributed by atoms with van der Waals surface area (Å²) >= 11 is 0. The van der Waals surface area contributed by atoms with Crippen molar-refractivity contribution in [1.29, 1.82) is 0 Å². The maximum Gasteiger partial charge on any atom is 0.225 e. The summed E-state index contributed by atoms with van der Waals surface area (Å²) in [7, 11) is 0. The van der Waals surface area contributed by atoms with Crippen molar-refractivity contribution in [3.8, 4) is 0 Å². The summed E-state index contributed by atoms with van der Waals surface area (Å²) in [6.07, 6.45) is 4.42. The van der Waals surface area contributed by atoms with Gasteiger partial charge in [-0.05, 0) is 12.5 Å². The molecule has 5 nitrogen and oxygen atoms in total. The Morgan fingerprint density at radius 3 is 2.44 bits per heavy atom. The number of aliphatic hydroxyl groups is 1. The third-order valence-corrected chi connectivity index (χ3v) is 2.84. The zero-order chi connectivity index (χ0) is 11.2. The summed E-state index contributed by atoms with van der Waals surface area (Å²) in [6, 6.07) is 1.83. The first-order valence-corrected chi connectivity index (χ1v) is 5.75. The molecular formula is C11H18N4O. The van der Waals surface area contributed by atoms with Crippen molar-refractivity contribution < 1.29 is 5.11 Å². The highest BCUT2D eigenvalue weighted by molar-refractivity contribution is 5.29. The summed E-state index contributed by atoms with van der Waals surface area (Å²) in [5.74, 6) is 0.823. The Kier molecular flexibility index (Phi) is 4.07. The lowest BCUT2D eigenvalue weighted by Gasteiger charge is -2.34. The van der Waals surface area contributed by atoms with Gasteiger partial charge in [0.25, 0.3) is 0 Å². The van der Waals surface area contributed by atoms with E-state index < -0.39 is 0 Å². The van der Waals surface area contributed by atoms with E-state index in [4.69, 9.17) is 5.11 Å². The van der Waals surface area contributed by atoms with Crippen LogP contribution in [0.4, 0.5) is 5.95 Å². The molecule has 0 spiro atoms.